The van der Waals surface area contributed by atoms with E-state index >= 15 is 0 Å². The van der Waals surface area contributed by atoms with E-state index in [-0.39, 0.29) is 2.85 Å². The number of anilines is 1. The lowest BCUT2D eigenvalue weighted by Crippen LogP contribution is -2.34. The minimum atomic E-state index is 0. The van der Waals surface area contributed by atoms with Crippen LogP contribution in [0.15, 0.2) is 47.5 Å². The summed E-state index contributed by atoms with van der Waals surface area (Å²) >= 11 is 1.76. The summed E-state index contributed by atoms with van der Waals surface area (Å²) in [4.78, 5) is 9.12. The summed E-state index contributed by atoms with van der Waals surface area (Å²) in [7, 11) is 0. The number of pyridine rings is 1. The number of aliphatic imine (C=N–C) groups is 1. The van der Waals surface area contributed by atoms with Crippen LogP contribution in [0.4, 0.5) is 5.82 Å². The smallest absolute Gasteiger partial charge is 0.126 e. The van der Waals surface area contributed by atoms with Crippen LogP contribution in [0.3, 0.4) is 0 Å². The van der Waals surface area contributed by atoms with Crippen LogP contribution in [0, 0.1) is 12.8 Å². The number of hydrogen-bond acceptors (Lipinski definition) is 4. The molecule has 1 fully saturated rings. The second kappa shape index (κ2) is 6.80. The molecule has 2 unspecified atom stereocenters. The van der Waals surface area contributed by atoms with Crippen molar-refractivity contribution in [2.24, 2.45) is 10.9 Å². The Morgan fingerprint density at radius 3 is 3.24 bits per heavy atom. The van der Waals surface area contributed by atoms with Crippen LogP contribution in [0.25, 0.3) is 0 Å². The van der Waals surface area contributed by atoms with E-state index in [2.05, 4.69) is 39.3 Å². The van der Waals surface area contributed by atoms with Gasteiger partial charge in [0.2, 0.25) is 0 Å². The summed E-state index contributed by atoms with van der Waals surface area (Å²) < 4.78 is 3.39. The molecule has 0 aromatic carbocycles. The molecule has 2 atom stereocenters. The van der Waals surface area contributed by atoms with Gasteiger partial charge in [0.25, 0.3) is 0 Å². The van der Waals surface area contributed by atoms with E-state index < -0.39 is 0 Å². The Kier molecular flexibility index (Phi) is 4.60. The minimum absolute atomic E-state index is 0. The van der Waals surface area contributed by atoms with Gasteiger partial charge in [-0.2, -0.15) is 0 Å². The monoisotopic (exact) mass is 304 g/mol. The molecule has 0 spiro atoms. The first-order valence-corrected chi connectivity index (χ1v) is 8.18. The first-order valence-electron chi connectivity index (χ1n) is 7.30. The Morgan fingerprint density at radius 2 is 2.33 bits per heavy atom. The molecule has 5 heteroatoms. The van der Waals surface area contributed by atoms with E-state index in [9.17, 15) is 0 Å². The zero-order valence-electron chi connectivity index (χ0n) is 12.1. The predicted molar refractivity (Wildman–Crippen MR) is 94.9 cm³/mol. The molecule has 2 heterocycles. The summed E-state index contributed by atoms with van der Waals surface area (Å²) in [6.07, 6.45) is 9.87. The molecule has 0 saturated carbocycles. The van der Waals surface area contributed by atoms with Gasteiger partial charge < -0.3 is 10.0 Å². The molecule has 0 radical (unpaired) electrons. The van der Waals surface area contributed by atoms with Crippen molar-refractivity contribution in [1.29, 1.82) is 0 Å². The highest BCUT2D eigenvalue weighted by atomic mass is 32.2. The van der Waals surface area contributed by atoms with Crippen LogP contribution < -0.4 is 10.0 Å². The van der Waals surface area contributed by atoms with E-state index in [0.29, 0.717) is 11.2 Å². The Balaban J connectivity index is 0.00000132. The first kappa shape index (κ1) is 14.2. The van der Waals surface area contributed by atoms with Crippen LogP contribution in [-0.4, -0.2) is 29.2 Å². The van der Waals surface area contributed by atoms with Crippen LogP contribution in [0.2, 0.25) is 0 Å². The normalized spacial score (nSPS) is 25.5. The highest BCUT2D eigenvalue weighted by Gasteiger charge is 2.25. The molecule has 21 heavy (non-hydrogen) atoms. The summed E-state index contributed by atoms with van der Waals surface area (Å²) in [6, 6.07) is 6.00. The number of fused-ring (bicyclic) bond motifs is 2. The van der Waals surface area contributed by atoms with Gasteiger partial charge in [-0.3, -0.25) is 4.99 Å². The van der Waals surface area contributed by atoms with Gasteiger partial charge in [0.1, 0.15) is 11.7 Å². The molecule has 1 aliphatic heterocycles. The van der Waals surface area contributed by atoms with Crippen LogP contribution >= 0.6 is 11.9 Å². The SMILES string of the molecule is Cc1cccc(NCCN=C2NSC3C=CC=CC2C3)n1.[HH].[HH]. The molecular weight excluding hydrogens is 280 g/mol. The average molecular weight is 304 g/mol. The van der Waals surface area contributed by atoms with Crippen molar-refractivity contribution in [2.75, 3.05) is 18.4 Å². The number of amidine groups is 1. The number of aryl methyl sites for hydroxylation is 1. The van der Waals surface area contributed by atoms with Gasteiger partial charge in [0, 0.05) is 26.3 Å². The van der Waals surface area contributed by atoms with Gasteiger partial charge in [0.05, 0.1) is 6.54 Å². The second-order valence-corrected chi connectivity index (χ2v) is 6.27. The summed E-state index contributed by atoms with van der Waals surface area (Å²) in [5, 5.41) is 3.86. The third-order valence-corrected chi connectivity index (χ3v) is 4.50. The van der Waals surface area contributed by atoms with E-state index in [0.717, 1.165) is 36.9 Å². The van der Waals surface area contributed by atoms with Crippen molar-refractivity contribution in [1.82, 2.24) is 9.71 Å². The summed E-state index contributed by atoms with van der Waals surface area (Å²) in [5.41, 5.74) is 1.03. The lowest BCUT2D eigenvalue weighted by molar-refractivity contribution is 0.738. The van der Waals surface area contributed by atoms with Crippen LogP contribution in [0.1, 0.15) is 15.0 Å². The molecule has 1 saturated heterocycles. The highest BCUT2D eigenvalue weighted by molar-refractivity contribution is 7.98. The average Bonchev–Trinajstić information content (AvgIpc) is 2.68. The maximum atomic E-state index is 4.70. The van der Waals surface area contributed by atoms with Gasteiger partial charge in [-0.15, -0.1) is 0 Å². The third-order valence-electron chi connectivity index (χ3n) is 3.52. The van der Waals surface area contributed by atoms with Crippen molar-refractivity contribution in [2.45, 2.75) is 18.6 Å². The molecule has 3 rings (SSSR count). The number of aromatic nitrogens is 1. The number of nitrogens with zero attached hydrogens (tertiary/aromatic N) is 2. The van der Waals surface area contributed by atoms with Crippen molar-refractivity contribution in [3.05, 3.63) is 48.2 Å². The standard InChI is InChI=1S/C16H20N4S.2H2/c1-12-5-4-8-15(19-12)17-9-10-18-16-13-6-2-3-7-14(11-13)21-20-16;;/h2-8,13-14H,9-11H2,1H3,(H,17,19)(H,18,20);2*1H. The van der Waals surface area contributed by atoms with E-state index in [1.54, 1.807) is 11.9 Å². The lowest BCUT2D eigenvalue weighted by atomic mass is 10.0. The second-order valence-electron chi connectivity index (χ2n) is 5.23. The Hall–Kier alpha value is -1.75. The fourth-order valence-corrected chi connectivity index (χ4v) is 3.41. The lowest BCUT2D eigenvalue weighted by Gasteiger charge is -2.26. The Morgan fingerprint density at radius 1 is 1.43 bits per heavy atom. The van der Waals surface area contributed by atoms with E-state index in [1.165, 1.54) is 0 Å². The molecule has 1 aliphatic carbocycles. The number of rotatable bonds is 4. The third kappa shape index (κ3) is 3.88. The quantitative estimate of drug-likeness (QED) is 0.661. The molecule has 1 aromatic rings. The zero-order chi connectivity index (χ0) is 14.5. The van der Waals surface area contributed by atoms with Gasteiger partial charge >= 0.3 is 0 Å². The minimum Gasteiger partial charge on any atom is -0.368 e. The van der Waals surface area contributed by atoms with Gasteiger partial charge in [-0.25, -0.2) is 4.98 Å². The Labute approximate surface area is 132 Å². The van der Waals surface area contributed by atoms with Gasteiger partial charge in [0.15, 0.2) is 0 Å². The number of allylic oxidation sites excluding steroid dienone is 2. The van der Waals surface area contributed by atoms with Crippen molar-refractivity contribution in [3.63, 3.8) is 0 Å². The molecule has 2 aliphatic rings. The highest BCUT2D eigenvalue weighted by Crippen LogP contribution is 2.28. The maximum absolute atomic E-state index is 4.70. The molecule has 2 N–H and O–H groups in total. The number of hydrogen-bond donors (Lipinski definition) is 2. The summed E-state index contributed by atoms with van der Waals surface area (Å²) in [6.45, 7) is 3.54. The molecular formula is C16H24N4S. The van der Waals surface area contributed by atoms with Crippen molar-refractivity contribution < 1.29 is 2.85 Å². The van der Waals surface area contributed by atoms with Crippen LogP contribution in [-0.2, 0) is 0 Å². The fraction of sp³-hybridized carbons (Fsp3) is 0.375. The van der Waals surface area contributed by atoms with Crippen LogP contribution in [0.5, 0.6) is 0 Å². The molecule has 4 nitrogen and oxygen atoms in total. The topological polar surface area (TPSA) is 49.3 Å². The Bertz CT molecular complexity index is 589. The molecule has 2 bridgehead atoms. The molecule has 1 aromatic heterocycles. The van der Waals surface area contributed by atoms with Crippen molar-refractivity contribution in [3.8, 4) is 0 Å². The first-order chi connectivity index (χ1) is 10.3. The van der Waals surface area contributed by atoms with Gasteiger partial charge in [-0.1, -0.05) is 30.4 Å². The fourth-order valence-electron chi connectivity index (χ4n) is 2.45. The molecule has 0 amide bonds. The van der Waals surface area contributed by atoms with E-state index in [4.69, 9.17) is 4.99 Å². The summed E-state index contributed by atoms with van der Waals surface area (Å²) in [5.74, 6) is 2.43. The van der Waals surface area contributed by atoms with Crippen molar-refractivity contribution >= 4 is 23.6 Å². The van der Waals surface area contributed by atoms with E-state index in [1.807, 2.05) is 25.1 Å². The predicted octanol–water partition coefficient (Wildman–Crippen LogP) is 3.44. The number of nitrogens with one attached hydrogen (secondary N) is 2. The maximum Gasteiger partial charge on any atom is 0.126 e. The van der Waals surface area contributed by atoms with Gasteiger partial charge in [-0.05, 0) is 37.4 Å². The molecule has 114 valence electrons. The zero-order valence-corrected chi connectivity index (χ0v) is 12.9. The largest absolute Gasteiger partial charge is 0.368 e.